The van der Waals surface area contributed by atoms with E-state index in [-0.39, 0.29) is 18.3 Å². The van der Waals surface area contributed by atoms with E-state index in [1.807, 2.05) is 29.1 Å². The summed E-state index contributed by atoms with van der Waals surface area (Å²) in [5.74, 6) is -0.0927. The van der Waals surface area contributed by atoms with Crippen molar-refractivity contribution in [1.29, 1.82) is 0 Å². The summed E-state index contributed by atoms with van der Waals surface area (Å²) in [6.07, 6.45) is 5.07. The Labute approximate surface area is 161 Å². The maximum absolute atomic E-state index is 12.2. The van der Waals surface area contributed by atoms with Gasteiger partial charge in [-0.1, -0.05) is 18.2 Å². The highest BCUT2D eigenvalue weighted by atomic mass is 35.5. The molecule has 1 amide bonds. The summed E-state index contributed by atoms with van der Waals surface area (Å²) >= 11 is 0. The van der Waals surface area contributed by atoms with E-state index in [2.05, 4.69) is 39.8 Å². The van der Waals surface area contributed by atoms with Crippen molar-refractivity contribution in [3.63, 3.8) is 0 Å². The van der Waals surface area contributed by atoms with Gasteiger partial charge in [-0.3, -0.25) is 9.48 Å². The number of anilines is 1. The van der Waals surface area contributed by atoms with Crippen molar-refractivity contribution in [1.82, 2.24) is 20.4 Å². The standard InChI is InChI=1S/C19H27N5O.ClH/c1-23(16-7-3-2-4-8-16)13-6-12-21-19(25)18-10-14-24(22-18)17-9-5-11-20-15-17;/h2-4,7-8,10,14,17,20H,5-6,9,11-13,15H2,1H3,(H,21,25);1H. The van der Waals surface area contributed by atoms with E-state index in [4.69, 9.17) is 0 Å². The Bertz CT molecular complexity index is 670. The minimum absolute atomic E-state index is 0. The lowest BCUT2D eigenvalue weighted by atomic mass is 10.1. The number of benzene rings is 1. The second kappa shape index (κ2) is 10.2. The van der Waals surface area contributed by atoms with Crippen LogP contribution >= 0.6 is 12.4 Å². The van der Waals surface area contributed by atoms with Crippen LogP contribution in [-0.4, -0.2) is 48.9 Å². The van der Waals surface area contributed by atoms with Crippen LogP contribution in [0.2, 0.25) is 0 Å². The molecule has 0 radical (unpaired) electrons. The summed E-state index contributed by atoms with van der Waals surface area (Å²) in [7, 11) is 2.07. The molecule has 6 nitrogen and oxygen atoms in total. The first kappa shape index (κ1) is 20.3. The van der Waals surface area contributed by atoms with Gasteiger partial charge in [-0.05, 0) is 44.0 Å². The molecule has 2 N–H and O–H groups in total. The molecule has 0 spiro atoms. The predicted octanol–water partition coefficient (Wildman–Crippen LogP) is 2.49. The number of halogens is 1. The summed E-state index contributed by atoms with van der Waals surface area (Å²) in [5.41, 5.74) is 1.69. The molecule has 1 aliphatic rings. The van der Waals surface area contributed by atoms with Crippen LogP contribution in [0, 0.1) is 0 Å². The largest absolute Gasteiger partial charge is 0.375 e. The lowest BCUT2D eigenvalue weighted by Gasteiger charge is -2.22. The maximum atomic E-state index is 12.2. The molecular weight excluding hydrogens is 350 g/mol. The Kier molecular flexibility index (Phi) is 7.94. The van der Waals surface area contributed by atoms with Gasteiger partial charge >= 0.3 is 0 Å². The lowest BCUT2D eigenvalue weighted by molar-refractivity contribution is 0.0947. The maximum Gasteiger partial charge on any atom is 0.271 e. The normalized spacial score (nSPS) is 16.6. The highest BCUT2D eigenvalue weighted by Crippen LogP contribution is 2.15. The molecular formula is C19H28ClN5O. The highest BCUT2D eigenvalue weighted by molar-refractivity contribution is 5.92. The number of para-hydroxylation sites is 1. The molecule has 26 heavy (non-hydrogen) atoms. The number of piperidine rings is 1. The Hall–Kier alpha value is -2.05. The molecule has 7 heteroatoms. The number of hydrogen-bond donors (Lipinski definition) is 2. The topological polar surface area (TPSA) is 62.2 Å². The van der Waals surface area contributed by atoms with Crippen molar-refractivity contribution >= 4 is 24.0 Å². The number of hydrogen-bond acceptors (Lipinski definition) is 4. The van der Waals surface area contributed by atoms with E-state index in [1.165, 1.54) is 5.69 Å². The molecule has 2 aromatic rings. The molecule has 1 aromatic heterocycles. The number of rotatable bonds is 7. The van der Waals surface area contributed by atoms with Gasteiger partial charge in [0.1, 0.15) is 5.69 Å². The summed E-state index contributed by atoms with van der Waals surface area (Å²) in [5, 5.41) is 10.8. The number of aromatic nitrogens is 2. The Morgan fingerprint density at radius 1 is 1.35 bits per heavy atom. The van der Waals surface area contributed by atoms with Crippen molar-refractivity contribution in [3.05, 3.63) is 48.3 Å². The van der Waals surface area contributed by atoms with Crippen molar-refractivity contribution in [2.24, 2.45) is 0 Å². The van der Waals surface area contributed by atoms with E-state index in [9.17, 15) is 4.79 Å². The molecule has 0 saturated carbocycles. The first-order valence-corrected chi connectivity index (χ1v) is 9.04. The Morgan fingerprint density at radius 3 is 2.88 bits per heavy atom. The van der Waals surface area contributed by atoms with Crippen LogP contribution in [0.25, 0.3) is 0 Å². The smallest absolute Gasteiger partial charge is 0.271 e. The minimum Gasteiger partial charge on any atom is -0.375 e. The average Bonchev–Trinajstić information content (AvgIpc) is 3.16. The molecule has 1 saturated heterocycles. The molecule has 1 unspecified atom stereocenters. The number of carbonyl (C=O) groups is 1. The zero-order valence-electron chi connectivity index (χ0n) is 15.2. The zero-order chi connectivity index (χ0) is 17.5. The quantitative estimate of drug-likeness (QED) is 0.728. The predicted molar refractivity (Wildman–Crippen MR) is 107 cm³/mol. The van der Waals surface area contributed by atoms with Crippen molar-refractivity contribution < 1.29 is 4.79 Å². The molecule has 2 heterocycles. The van der Waals surface area contributed by atoms with E-state index < -0.39 is 0 Å². The molecule has 3 rings (SSSR count). The van der Waals surface area contributed by atoms with Gasteiger partial charge in [0.25, 0.3) is 5.91 Å². The van der Waals surface area contributed by atoms with Crippen LogP contribution in [0.4, 0.5) is 5.69 Å². The van der Waals surface area contributed by atoms with Crippen LogP contribution in [0.3, 0.4) is 0 Å². The first-order chi connectivity index (χ1) is 12.2. The van der Waals surface area contributed by atoms with E-state index in [1.54, 1.807) is 6.07 Å². The van der Waals surface area contributed by atoms with Gasteiger partial charge in [0.15, 0.2) is 0 Å². The van der Waals surface area contributed by atoms with E-state index >= 15 is 0 Å². The van der Waals surface area contributed by atoms with Crippen molar-refractivity contribution in [2.45, 2.75) is 25.3 Å². The van der Waals surface area contributed by atoms with Gasteiger partial charge < -0.3 is 15.5 Å². The van der Waals surface area contributed by atoms with Crippen molar-refractivity contribution in [3.8, 4) is 0 Å². The third-order valence-electron chi connectivity index (χ3n) is 4.64. The SMILES string of the molecule is CN(CCCNC(=O)c1ccn(C2CCCNC2)n1)c1ccccc1.Cl. The van der Waals surface area contributed by atoms with Crippen LogP contribution in [-0.2, 0) is 0 Å². The van der Waals surface area contributed by atoms with Crippen LogP contribution < -0.4 is 15.5 Å². The number of carbonyl (C=O) groups excluding carboxylic acids is 1. The molecule has 0 bridgehead atoms. The first-order valence-electron chi connectivity index (χ1n) is 9.04. The fourth-order valence-electron chi connectivity index (χ4n) is 3.14. The van der Waals surface area contributed by atoms with Crippen LogP contribution in [0.1, 0.15) is 35.8 Å². The highest BCUT2D eigenvalue weighted by Gasteiger charge is 2.17. The summed E-state index contributed by atoms with van der Waals surface area (Å²) in [6, 6.07) is 12.4. The van der Waals surface area contributed by atoms with Gasteiger partial charge in [0.2, 0.25) is 0 Å². The monoisotopic (exact) mass is 377 g/mol. The Morgan fingerprint density at radius 2 is 2.15 bits per heavy atom. The third kappa shape index (κ3) is 5.47. The number of nitrogens with zero attached hydrogens (tertiary/aromatic N) is 3. The van der Waals surface area contributed by atoms with E-state index in [0.29, 0.717) is 18.3 Å². The lowest BCUT2D eigenvalue weighted by Crippen LogP contribution is -2.32. The molecule has 1 aromatic carbocycles. The molecule has 1 atom stereocenters. The van der Waals surface area contributed by atoms with Gasteiger partial charge in [0, 0.05) is 38.6 Å². The summed E-state index contributed by atoms with van der Waals surface area (Å²) < 4.78 is 1.92. The number of amides is 1. The number of nitrogens with one attached hydrogen (secondary N) is 2. The second-order valence-corrected chi connectivity index (χ2v) is 6.55. The molecule has 0 aliphatic carbocycles. The second-order valence-electron chi connectivity index (χ2n) is 6.55. The van der Waals surface area contributed by atoms with Gasteiger partial charge in [0.05, 0.1) is 6.04 Å². The van der Waals surface area contributed by atoms with Gasteiger partial charge in [-0.2, -0.15) is 5.10 Å². The average molecular weight is 378 g/mol. The van der Waals surface area contributed by atoms with Gasteiger partial charge in [-0.25, -0.2) is 0 Å². The summed E-state index contributed by atoms with van der Waals surface area (Å²) in [4.78, 5) is 14.4. The fourth-order valence-corrected chi connectivity index (χ4v) is 3.14. The van der Waals surface area contributed by atoms with Crippen molar-refractivity contribution in [2.75, 3.05) is 38.1 Å². The molecule has 1 fully saturated rings. The molecule has 142 valence electrons. The third-order valence-corrected chi connectivity index (χ3v) is 4.64. The zero-order valence-corrected chi connectivity index (χ0v) is 16.0. The molecule has 1 aliphatic heterocycles. The fraction of sp³-hybridized carbons (Fsp3) is 0.474. The van der Waals surface area contributed by atoms with Gasteiger partial charge in [-0.15, -0.1) is 12.4 Å². The Balaban J connectivity index is 0.00000243. The van der Waals surface area contributed by atoms with E-state index in [0.717, 1.165) is 38.9 Å². The minimum atomic E-state index is -0.0927. The van der Waals surface area contributed by atoms with Crippen LogP contribution in [0.5, 0.6) is 0 Å². The van der Waals surface area contributed by atoms with Crippen LogP contribution in [0.15, 0.2) is 42.6 Å². The summed E-state index contributed by atoms with van der Waals surface area (Å²) in [6.45, 7) is 3.54.